The van der Waals surface area contributed by atoms with Crippen LogP contribution in [0.25, 0.3) is 0 Å². The monoisotopic (exact) mass is 243 g/mol. The van der Waals surface area contributed by atoms with Crippen LogP contribution in [0.3, 0.4) is 0 Å². The van der Waals surface area contributed by atoms with E-state index in [2.05, 4.69) is 9.47 Å². The van der Waals surface area contributed by atoms with Gasteiger partial charge in [-0.2, -0.15) is 0 Å². The summed E-state index contributed by atoms with van der Waals surface area (Å²) in [4.78, 5) is 21.4. The molecule has 0 saturated heterocycles. The van der Waals surface area contributed by atoms with Crippen molar-refractivity contribution in [3.05, 3.63) is 35.8 Å². The molecule has 0 aliphatic carbocycles. The number of carbonyl (C=O) groups excluding carboxylic acids is 2. The Morgan fingerprint density at radius 2 is 1.59 bits per heavy atom. The molecule has 0 aromatic heterocycles. The summed E-state index contributed by atoms with van der Waals surface area (Å²) in [6.07, 6.45) is -2.23. The van der Waals surface area contributed by atoms with Gasteiger partial charge < -0.3 is 20.9 Å². The lowest BCUT2D eigenvalue weighted by molar-refractivity contribution is 0.116. The number of benzene rings is 1. The molecule has 0 radical (unpaired) electrons. The molecule has 0 unspecified atom stereocenters. The Kier molecular flexibility index (Phi) is 2.68. The first-order valence-electron chi connectivity index (χ1n) is 7.08. The third-order valence-corrected chi connectivity index (χ3v) is 1.78. The first-order chi connectivity index (χ1) is 10.2. The molecule has 1 aromatic rings. The standard InChI is InChI=1S/C11H14N2O4/c12-10(14)16-6-9(7-17-11(13)15)8-4-2-1-3-5-8/h1-5,9H,6-7H2,(H2,12,14)(H2,13,15)/i1D,2D,3D,4D,5D. The van der Waals surface area contributed by atoms with Crippen molar-refractivity contribution in [2.45, 2.75) is 5.92 Å². The van der Waals surface area contributed by atoms with Gasteiger partial charge in [0.2, 0.25) is 0 Å². The summed E-state index contributed by atoms with van der Waals surface area (Å²) in [5, 5.41) is 0. The Labute approximate surface area is 106 Å². The minimum Gasteiger partial charge on any atom is -0.449 e. The van der Waals surface area contributed by atoms with Crippen LogP contribution in [0, 0.1) is 0 Å². The quantitative estimate of drug-likeness (QED) is 0.803. The van der Waals surface area contributed by atoms with Crippen LogP contribution in [-0.2, 0) is 9.47 Å². The third kappa shape index (κ3) is 4.87. The molecule has 0 aliphatic rings. The summed E-state index contributed by atoms with van der Waals surface area (Å²) in [7, 11) is 0. The molecule has 1 rings (SSSR count). The van der Waals surface area contributed by atoms with Gasteiger partial charge >= 0.3 is 12.2 Å². The lowest BCUT2D eigenvalue weighted by Gasteiger charge is -2.16. The van der Waals surface area contributed by atoms with Gasteiger partial charge in [-0.1, -0.05) is 30.2 Å². The first kappa shape index (κ1) is 7.16. The van der Waals surface area contributed by atoms with E-state index < -0.39 is 61.5 Å². The molecular weight excluding hydrogens is 224 g/mol. The van der Waals surface area contributed by atoms with E-state index in [0.29, 0.717) is 0 Å². The zero-order chi connectivity index (χ0) is 17.0. The number of rotatable bonds is 5. The van der Waals surface area contributed by atoms with Crippen molar-refractivity contribution >= 4 is 12.2 Å². The second kappa shape index (κ2) is 6.37. The highest BCUT2D eigenvalue weighted by atomic mass is 16.6. The van der Waals surface area contributed by atoms with Gasteiger partial charge in [0.05, 0.1) is 12.8 Å². The van der Waals surface area contributed by atoms with Gasteiger partial charge in [0.25, 0.3) is 0 Å². The first-order valence-corrected chi connectivity index (χ1v) is 4.58. The summed E-state index contributed by atoms with van der Waals surface area (Å²) in [5.74, 6) is -1.01. The molecule has 6 heteroatoms. The van der Waals surface area contributed by atoms with E-state index in [4.69, 9.17) is 18.3 Å². The molecular formula is C11H14N2O4. The van der Waals surface area contributed by atoms with Crippen molar-refractivity contribution in [2.24, 2.45) is 11.5 Å². The van der Waals surface area contributed by atoms with Crippen molar-refractivity contribution < 1.29 is 25.9 Å². The summed E-state index contributed by atoms with van der Waals surface area (Å²) >= 11 is 0. The molecule has 0 atom stereocenters. The van der Waals surface area contributed by atoms with Gasteiger partial charge in [0.15, 0.2) is 0 Å². The Bertz CT molecular complexity index is 564. The number of nitrogens with two attached hydrogens (primary N) is 2. The molecule has 4 N–H and O–H groups in total. The highest BCUT2D eigenvalue weighted by molar-refractivity contribution is 5.65. The van der Waals surface area contributed by atoms with Gasteiger partial charge in [0.1, 0.15) is 13.2 Å². The molecule has 0 bridgehead atoms. The molecule has 92 valence electrons. The van der Waals surface area contributed by atoms with Crippen molar-refractivity contribution in [1.82, 2.24) is 0 Å². The zero-order valence-electron chi connectivity index (χ0n) is 13.8. The number of primary amides is 2. The minimum atomic E-state index is -1.11. The molecule has 0 aliphatic heterocycles. The van der Waals surface area contributed by atoms with Gasteiger partial charge in [-0.3, -0.25) is 0 Å². The maximum Gasteiger partial charge on any atom is 0.404 e. The fourth-order valence-corrected chi connectivity index (χ4v) is 1.04. The Balaban J connectivity index is 3.28. The van der Waals surface area contributed by atoms with E-state index in [1.165, 1.54) is 0 Å². The maximum atomic E-state index is 10.7. The number of hydrogen-bond acceptors (Lipinski definition) is 4. The molecule has 6 nitrogen and oxygen atoms in total. The maximum absolute atomic E-state index is 10.7. The van der Waals surface area contributed by atoms with E-state index in [-0.39, 0.29) is 5.56 Å². The second-order valence-corrected chi connectivity index (χ2v) is 3.00. The second-order valence-electron chi connectivity index (χ2n) is 3.00. The lowest BCUT2D eigenvalue weighted by Crippen LogP contribution is -2.23. The van der Waals surface area contributed by atoms with Crippen molar-refractivity contribution in [3.63, 3.8) is 0 Å². The number of hydrogen-bond donors (Lipinski definition) is 2. The minimum absolute atomic E-state index is 0.159. The summed E-state index contributed by atoms with van der Waals surface area (Å²) in [6, 6.07) is -2.66. The number of amides is 2. The van der Waals surface area contributed by atoms with Crippen LogP contribution in [0.2, 0.25) is 0 Å². The third-order valence-electron chi connectivity index (χ3n) is 1.78. The smallest absolute Gasteiger partial charge is 0.404 e. The van der Waals surface area contributed by atoms with Crippen LogP contribution in [0.15, 0.2) is 30.2 Å². The molecule has 0 heterocycles. The van der Waals surface area contributed by atoms with Crippen LogP contribution < -0.4 is 11.5 Å². The molecule has 0 spiro atoms. The molecule has 0 fully saturated rings. The van der Waals surface area contributed by atoms with Gasteiger partial charge in [0, 0.05) is 0 Å². The van der Waals surface area contributed by atoms with Crippen LogP contribution in [0.1, 0.15) is 18.3 Å². The van der Waals surface area contributed by atoms with E-state index in [9.17, 15) is 9.59 Å². The average molecular weight is 243 g/mol. The number of ether oxygens (including phenoxy) is 2. The van der Waals surface area contributed by atoms with Crippen molar-refractivity contribution in [2.75, 3.05) is 13.2 Å². The molecule has 0 saturated carbocycles. The topological polar surface area (TPSA) is 105 Å². The van der Waals surface area contributed by atoms with Crippen LogP contribution in [0.5, 0.6) is 0 Å². The Morgan fingerprint density at radius 3 is 2.00 bits per heavy atom. The van der Waals surface area contributed by atoms with E-state index in [1.54, 1.807) is 0 Å². The fraction of sp³-hybridized carbons (Fsp3) is 0.273. The average Bonchev–Trinajstić information content (AvgIpc) is 2.44. The van der Waals surface area contributed by atoms with Crippen molar-refractivity contribution in [3.8, 4) is 0 Å². The zero-order valence-corrected chi connectivity index (χ0v) is 8.78. The molecule has 17 heavy (non-hydrogen) atoms. The fourth-order valence-electron chi connectivity index (χ4n) is 1.04. The normalized spacial score (nSPS) is 14.1. The van der Waals surface area contributed by atoms with Crippen LogP contribution in [-0.4, -0.2) is 25.4 Å². The Morgan fingerprint density at radius 1 is 1.12 bits per heavy atom. The van der Waals surface area contributed by atoms with E-state index in [0.717, 1.165) is 0 Å². The predicted octanol–water partition coefficient (Wildman–Crippen LogP) is 0.961. The summed E-state index contributed by atoms with van der Waals surface area (Å²) in [6.45, 7) is -0.868. The summed E-state index contributed by atoms with van der Waals surface area (Å²) in [5.41, 5.74) is 9.53. The highest BCUT2D eigenvalue weighted by Gasteiger charge is 2.15. The predicted molar refractivity (Wildman–Crippen MR) is 60.3 cm³/mol. The lowest BCUT2D eigenvalue weighted by atomic mass is 10.0. The van der Waals surface area contributed by atoms with E-state index in [1.807, 2.05) is 0 Å². The van der Waals surface area contributed by atoms with Gasteiger partial charge in [-0.15, -0.1) is 0 Å². The summed E-state index contributed by atoms with van der Waals surface area (Å²) < 4.78 is 47.5. The van der Waals surface area contributed by atoms with Gasteiger partial charge in [-0.05, 0) is 5.56 Å². The number of carbonyl (C=O) groups is 2. The van der Waals surface area contributed by atoms with Gasteiger partial charge in [-0.25, -0.2) is 9.59 Å². The molecule has 1 aromatic carbocycles. The SMILES string of the molecule is [2H]c1c([2H])c([2H])c(C(COC(N)=O)COC(N)=O)c([2H])c1[2H]. The highest BCUT2D eigenvalue weighted by Crippen LogP contribution is 2.16. The Hall–Kier alpha value is -2.24. The molecule has 2 amide bonds. The largest absolute Gasteiger partial charge is 0.449 e. The van der Waals surface area contributed by atoms with E-state index >= 15 is 0 Å². The van der Waals surface area contributed by atoms with Crippen molar-refractivity contribution in [1.29, 1.82) is 0 Å². The van der Waals surface area contributed by atoms with Crippen LogP contribution in [0.4, 0.5) is 9.59 Å². The van der Waals surface area contributed by atoms with Crippen LogP contribution >= 0.6 is 0 Å².